The second kappa shape index (κ2) is 7.98. The molecule has 0 spiro atoms. The van der Waals surface area contributed by atoms with Gasteiger partial charge in [-0.1, -0.05) is 37.9 Å². The van der Waals surface area contributed by atoms with Gasteiger partial charge in [-0.15, -0.1) is 0 Å². The molecule has 1 aromatic carbocycles. The van der Waals surface area contributed by atoms with Crippen LogP contribution in [-0.4, -0.2) is 24.0 Å². The summed E-state index contributed by atoms with van der Waals surface area (Å²) in [6.45, 7) is 5.79. The Morgan fingerprint density at radius 3 is 2.67 bits per heavy atom. The molecule has 0 saturated carbocycles. The van der Waals surface area contributed by atoms with E-state index in [1.165, 1.54) is 0 Å². The number of unbranched alkanes of at least 4 members (excludes halogenated alkanes) is 1. The number of benzene rings is 1. The van der Waals surface area contributed by atoms with Crippen LogP contribution in [0.3, 0.4) is 0 Å². The molecule has 0 fully saturated rings. The van der Waals surface area contributed by atoms with Crippen LogP contribution >= 0.6 is 11.6 Å². The fourth-order valence-corrected chi connectivity index (χ4v) is 1.89. The molecule has 0 heterocycles. The summed E-state index contributed by atoms with van der Waals surface area (Å²) in [6, 6.07) is 7.16. The van der Waals surface area contributed by atoms with Crippen LogP contribution in [0.1, 0.15) is 33.1 Å². The van der Waals surface area contributed by atoms with Crippen LogP contribution in [0, 0.1) is 0 Å². The van der Waals surface area contributed by atoms with Crippen molar-refractivity contribution in [2.45, 2.75) is 33.1 Å². The van der Waals surface area contributed by atoms with Gasteiger partial charge >= 0.3 is 6.03 Å². The molecule has 0 radical (unpaired) electrons. The van der Waals surface area contributed by atoms with E-state index in [9.17, 15) is 4.79 Å². The molecule has 1 aromatic rings. The first-order valence-corrected chi connectivity index (χ1v) is 6.86. The van der Waals surface area contributed by atoms with Gasteiger partial charge in [0.15, 0.2) is 0 Å². The number of amides is 2. The molecule has 4 heteroatoms. The smallest absolute Gasteiger partial charge is 0.321 e. The third kappa shape index (κ3) is 4.96. The standard InChI is InChI=1S/C14H21ClN2O/c1-3-5-10-17(9-4-2)14(18)16-13-8-6-7-12(15)11-13/h6-8,11H,3-5,9-10H2,1-2H3,(H,16,18). The maximum Gasteiger partial charge on any atom is 0.321 e. The Hall–Kier alpha value is -1.22. The number of carbonyl (C=O) groups excluding carboxylic acids is 1. The number of nitrogens with one attached hydrogen (secondary N) is 1. The molecule has 18 heavy (non-hydrogen) atoms. The Morgan fingerprint density at radius 1 is 1.28 bits per heavy atom. The Bertz CT molecular complexity index is 382. The summed E-state index contributed by atoms with van der Waals surface area (Å²) >= 11 is 5.89. The van der Waals surface area contributed by atoms with E-state index in [1.807, 2.05) is 17.0 Å². The predicted octanol–water partition coefficient (Wildman–Crippen LogP) is 4.38. The molecule has 1 N–H and O–H groups in total. The minimum Gasteiger partial charge on any atom is -0.325 e. The zero-order chi connectivity index (χ0) is 13.4. The van der Waals surface area contributed by atoms with E-state index in [0.717, 1.165) is 38.0 Å². The lowest BCUT2D eigenvalue weighted by molar-refractivity contribution is 0.211. The van der Waals surface area contributed by atoms with Gasteiger partial charge in [0.05, 0.1) is 0 Å². The molecular weight excluding hydrogens is 248 g/mol. The first-order valence-electron chi connectivity index (χ1n) is 6.48. The van der Waals surface area contributed by atoms with Crippen LogP contribution in [0.15, 0.2) is 24.3 Å². The van der Waals surface area contributed by atoms with E-state index >= 15 is 0 Å². The molecule has 3 nitrogen and oxygen atoms in total. The highest BCUT2D eigenvalue weighted by Crippen LogP contribution is 2.15. The van der Waals surface area contributed by atoms with Gasteiger partial charge in [-0.25, -0.2) is 4.79 Å². The van der Waals surface area contributed by atoms with Crippen LogP contribution < -0.4 is 5.32 Å². The van der Waals surface area contributed by atoms with Gasteiger partial charge in [0.25, 0.3) is 0 Å². The number of halogens is 1. The molecule has 0 saturated heterocycles. The van der Waals surface area contributed by atoms with E-state index < -0.39 is 0 Å². The fraction of sp³-hybridized carbons (Fsp3) is 0.500. The Kier molecular flexibility index (Phi) is 6.58. The van der Waals surface area contributed by atoms with Crippen molar-refractivity contribution in [3.63, 3.8) is 0 Å². The molecular formula is C14H21ClN2O. The van der Waals surface area contributed by atoms with Gasteiger partial charge in [0.1, 0.15) is 0 Å². The average Bonchev–Trinajstić information content (AvgIpc) is 2.34. The Balaban J connectivity index is 2.60. The summed E-state index contributed by atoms with van der Waals surface area (Å²) < 4.78 is 0. The minimum atomic E-state index is -0.0485. The monoisotopic (exact) mass is 268 g/mol. The van der Waals surface area contributed by atoms with Gasteiger partial charge in [-0.3, -0.25) is 0 Å². The van der Waals surface area contributed by atoms with Crippen molar-refractivity contribution in [1.82, 2.24) is 4.90 Å². The van der Waals surface area contributed by atoms with Crippen molar-refractivity contribution in [3.05, 3.63) is 29.3 Å². The first kappa shape index (κ1) is 14.8. The second-order valence-electron chi connectivity index (χ2n) is 4.28. The van der Waals surface area contributed by atoms with E-state index in [4.69, 9.17) is 11.6 Å². The maximum absolute atomic E-state index is 12.1. The summed E-state index contributed by atoms with van der Waals surface area (Å²) in [7, 11) is 0. The Labute approximate surface area is 114 Å². The summed E-state index contributed by atoms with van der Waals surface area (Å²) in [5.74, 6) is 0. The molecule has 0 aliphatic heterocycles. The van der Waals surface area contributed by atoms with Crippen molar-refractivity contribution in [3.8, 4) is 0 Å². The second-order valence-corrected chi connectivity index (χ2v) is 4.72. The van der Waals surface area contributed by atoms with Gasteiger partial charge in [-0.05, 0) is 31.0 Å². The third-order valence-corrected chi connectivity index (χ3v) is 2.87. The van der Waals surface area contributed by atoms with Crippen LogP contribution in [0.4, 0.5) is 10.5 Å². The van der Waals surface area contributed by atoms with Crippen molar-refractivity contribution < 1.29 is 4.79 Å². The molecule has 1 rings (SSSR count). The summed E-state index contributed by atoms with van der Waals surface area (Å²) in [5.41, 5.74) is 0.741. The van der Waals surface area contributed by atoms with Crippen molar-refractivity contribution in [2.75, 3.05) is 18.4 Å². The zero-order valence-corrected chi connectivity index (χ0v) is 11.8. The molecule has 2 amide bonds. The van der Waals surface area contributed by atoms with E-state index in [1.54, 1.807) is 12.1 Å². The van der Waals surface area contributed by atoms with Crippen molar-refractivity contribution in [1.29, 1.82) is 0 Å². The van der Waals surface area contributed by atoms with Gasteiger partial charge < -0.3 is 10.2 Å². The normalized spacial score (nSPS) is 10.2. The summed E-state index contributed by atoms with van der Waals surface area (Å²) in [6.07, 6.45) is 3.08. The van der Waals surface area contributed by atoms with Gasteiger partial charge in [0.2, 0.25) is 0 Å². The van der Waals surface area contributed by atoms with Crippen molar-refractivity contribution >= 4 is 23.3 Å². The molecule has 100 valence electrons. The third-order valence-electron chi connectivity index (χ3n) is 2.64. The highest BCUT2D eigenvalue weighted by Gasteiger charge is 2.11. The lowest BCUT2D eigenvalue weighted by Crippen LogP contribution is -2.36. The number of urea groups is 1. The van der Waals surface area contributed by atoms with E-state index in [-0.39, 0.29) is 6.03 Å². The van der Waals surface area contributed by atoms with Gasteiger partial charge in [-0.2, -0.15) is 0 Å². The number of nitrogens with zero attached hydrogens (tertiary/aromatic N) is 1. The fourth-order valence-electron chi connectivity index (χ4n) is 1.70. The number of anilines is 1. The number of hydrogen-bond donors (Lipinski definition) is 1. The van der Waals surface area contributed by atoms with Gasteiger partial charge in [0, 0.05) is 23.8 Å². The Morgan fingerprint density at radius 2 is 2.06 bits per heavy atom. The van der Waals surface area contributed by atoms with E-state index in [2.05, 4.69) is 19.2 Å². The first-order chi connectivity index (χ1) is 8.67. The summed E-state index contributed by atoms with van der Waals surface area (Å²) in [4.78, 5) is 13.9. The topological polar surface area (TPSA) is 32.3 Å². The van der Waals surface area contributed by atoms with Crippen LogP contribution in [-0.2, 0) is 0 Å². The molecule has 0 aromatic heterocycles. The molecule has 0 aliphatic carbocycles. The molecule has 0 bridgehead atoms. The average molecular weight is 269 g/mol. The highest BCUT2D eigenvalue weighted by atomic mass is 35.5. The summed E-state index contributed by atoms with van der Waals surface area (Å²) in [5, 5.41) is 3.51. The number of rotatable bonds is 6. The van der Waals surface area contributed by atoms with Crippen LogP contribution in [0.5, 0.6) is 0 Å². The largest absolute Gasteiger partial charge is 0.325 e. The maximum atomic E-state index is 12.1. The van der Waals surface area contributed by atoms with Crippen LogP contribution in [0.25, 0.3) is 0 Å². The minimum absolute atomic E-state index is 0.0485. The number of carbonyl (C=O) groups is 1. The molecule has 0 atom stereocenters. The lowest BCUT2D eigenvalue weighted by atomic mass is 10.3. The SMILES string of the molecule is CCCCN(CCC)C(=O)Nc1cccc(Cl)c1. The van der Waals surface area contributed by atoms with Crippen LogP contribution in [0.2, 0.25) is 5.02 Å². The lowest BCUT2D eigenvalue weighted by Gasteiger charge is -2.22. The number of hydrogen-bond acceptors (Lipinski definition) is 1. The zero-order valence-electron chi connectivity index (χ0n) is 11.1. The van der Waals surface area contributed by atoms with Crippen molar-refractivity contribution in [2.24, 2.45) is 0 Å². The van der Waals surface area contributed by atoms with E-state index in [0.29, 0.717) is 5.02 Å². The quantitative estimate of drug-likeness (QED) is 0.816. The molecule has 0 aliphatic rings. The molecule has 0 unspecified atom stereocenters. The highest BCUT2D eigenvalue weighted by molar-refractivity contribution is 6.30. The predicted molar refractivity (Wildman–Crippen MR) is 77.2 cm³/mol.